The van der Waals surface area contributed by atoms with Gasteiger partial charge in [0.1, 0.15) is 11.6 Å². The van der Waals surface area contributed by atoms with Gasteiger partial charge < -0.3 is 20.9 Å². The van der Waals surface area contributed by atoms with E-state index in [4.69, 9.17) is 15.6 Å². The molecule has 1 unspecified atom stereocenters. The second-order valence-corrected chi connectivity index (χ2v) is 11.3. The monoisotopic (exact) mass is 588 g/mol. The highest BCUT2D eigenvalue weighted by atomic mass is 32.2. The van der Waals surface area contributed by atoms with Crippen molar-refractivity contribution in [3.63, 3.8) is 0 Å². The molecule has 0 saturated heterocycles. The number of methoxy groups -OCH3 is 1. The first kappa shape index (κ1) is 27.9. The van der Waals surface area contributed by atoms with Gasteiger partial charge in [0.2, 0.25) is 11.0 Å². The number of hydrogen-bond acceptors (Lipinski definition) is 11. The number of Topliss-reactive ketones (excluding diaryl/α,β-unsaturated/α-hetero) is 1. The molecule has 208 valence electrons. The number of thioether (sulfide) groups is 1. The second-order valence-electron chi connectivity index (χ2n) is 9.16. The van der Waals surface area contributed by atoms with E-state index in [2.05, 4.69) is 21.6 Å². The van der Waals surface area contributed by atoms with E-state index >= 15 is 0 Å². The van der Waals surface area contributed by atoms with Crippen molar-refractivity contribution in [1.29, 1.82) is 5.26 Å². The summed E-state index contributed by atoms with van der Waals surface area (Å²) in [5.74, 6) is -1.09. The lowest BCUT2D eigenvalue weighted by Crippen LogP contribution is -2.38. The number of carboxylic acids is 1. The highest BCUT2D eigenvalue weighted by molar-refractivity contribution is 8.01. The maximum Gasteiger partial charge on any atom is 0.335 e. The van der Waals surface area contributed by atoms with Crippen LogP contribution in [-0.2, 0) is 9.59 Å². The van der Waals surface area contributed by atoms with Crippen LogP contribution in [0.2, 0.25) is 0 Å². The lowest BCUT2D eigenvalue weighted by atomic mass is 9.76. The van der Waals surface area contributed by atoms with Gasteiger partial charge in [0.25, 0.3) is 0 Å². The number of aromatic nitrogens is 2. The number of ketones is 1. The number of nitrogens with one attached hydrogen (secondary N) is 1. The van der Waals surface area contributed by atoms with E-state index in [0.29, 0.717) is 51.4 Å². The molecule has 5 rings (SSSR count). The van der Waals surface area contributed by atoms with E-state index in [1.807, 2.05) is 12.1 Å². The number of anilines is 2. The van der Waals surface area contributed by atoms with Crippen LogP contribution in [0.1, 0.15) is 41.1 Å². The smallest absolute Gasteiger partial charge is 0.335 e. The summed E-state index contributed by atoms with van der Waals surface area (Å²) in [7, 11) is 1.57. The molecule has 1 amide bonds. The van der Waals surface area contributed by atoms with Gasteiger partial charge in [-0.25, -0.2) is 4.79 Å². The highest BCUT2D eigenvalue weighted by Gasteiger charge is 2.41. The first-order valence-electron chi connectivity index (χ1n) is 12.5. The van der Waals surface area contributed by atoms with Gasteiger partial charge in [0.05, 0.1) is 36.0 Å². The standard InChI is InChI=1S/C28H24N6O5S2/c1-39-18-11-7-15(8-12-18)23-19(13-29)25(30)34(20-3-2-4-21(35)24(20)23)27-32-33-28(41-27)40-14-22(36)31-17-9-5-16(6-10-17)26(37)38/h5-12,23H,2-4,14,30H2,1H3,(H,31,36)(H,37,38). The topological polar surface area (TPSA) is 172 Å². The number of benzene rings is 2. The van der Waals surface area contributed by atoms with Gasteiger partial charge in [-0.15, -0.1) is 10.2 Å². The summed E-state index contributed by atoms with van der Waals surface area (Å²) >= 11 is 2.38. The number of hydrogen-bond donors (Lipinski definition) is 3. The minimum Gasteiger partial charge on any atom is -0.497 e. The minimum absolute atomic E-state index is 0.0375. The molecule has 1 aliphatic carbocycles. The van der Waals surface area contributed by atoms with Crippen molar-refractivity contribution in [2.75, 3.05) is 23.1 Å². The lowest BCUT2D eigenvalue weighted by molar-refractivity contribution is -0.116. The van der Waals surface area contributed by atoms with Crippen molar-refractivity contribution in [3.05, 3.63) is 82.3 Å². The van der Waals surface area contributed by atoms with Gasteiger partial charge in [0.15, 0.2) is 10.1 Å². The van der Waals surface area contributed by atoms with Gasteiger partial charge in [-0.1, -0.05) is 35.2 Å². The summed E-state index contributed by atoms with van der Waals surface area (Å²) in [6.07, 6.45) is 1.61. The number of carboxylic acid groups (broad SMARTS) is 1. The van der Waals surface area contributed by atoms with Gasteiger partial charge in [-0.2, -0.15) is 5.26 Å². The molecular formula is C28H24N6O5S2. The number of nitrogens with two attached hydrogens (primary N) is 1. The summed E-state index contributed by atoms with van der Waals surface area (Å²) in [5, 5.41) is 30.8. The molecule has 1 atom stereocenters. The Hall–Kier alpha value is -4.67. The van der Waals surface area contributed by atoms with Crippen LogP contribution in [0.3, 0.4) is 0 Å². The molecule has 1 aromatic heterocycles. The van der Waals surface area contributed by atoms with E-state index in [1.165, 1.54) is 47.4 Å². The summed E-state index contributed by atoms with van der Waals surface area (Å²) in [6, 6.07) is 15.3. The maximum absolute atomic E-state index is 13.3. The quantitative estimate of drug-likeness (QED) is 0.321. The number of amides is 1. The number of ether oxygens (including phenoxy) is 1. The van der Waals surface area contributed by atoms with Crippen molar-refractivity contribution in [1.82, 2.24) is 10.2 Å². The Labute approximate surface area is 243 Å². The third-order valence-corrected chi connectivity index (χ3v) is 8.73. The minimum atomic E-state index is -1.05. The molecule has 0 saturated carbocycles. The molecule has 2 heterocycles. The van der Waals surface area contributed by atoms with Crippen LogP contribution in [0.5, 0.6) is 5.75 Å². The van der Waals surface area contributed by atoms with Crippen LogP contribution in [0.15, 0.2) is 75.5 Å². The predicted octanol–water partition coefficient (Wildman–Crippen LogP) is 4.28. The average molecular weight is 589 g/mol. The van der Waals surface area contributed by atoms with Crippen LogP contribution < -0.4 is 20.7 Å². The normalized spacial score (nSPS) is 16.7. The van der Waals surface area contributed by atoms with Crippen molar-refractivity contribution < 1.29 is 24.2 Å². The Balaban J connectivity index is 1.38. The third-order valence-electron chi connectivity index (χ3n) is 6.69. The molecule has 41 heavy (non-hydrogen) atoms. The molecule has 0 radical (unpaired) electrons. The van der Waals surface area contributed by atoms with Crippen molar-refractivity contribution in [3.8, 4) is 11.8 Å². The van der Waals surface area contributed by atoms with Gasteiger partial charge in [-0.3, -0.25) is 14.5 Å². The third kappa shape index (κ3) is 5.65. The van der Waals surface area contributed by atoms with Gasteiger partial charge in [-0.05, 0) is 54.8 Å². The first-order valence-corrected chi connectivity index (χ1v) is 14.3. The largest absolute Gasteiger partial charge is 0.497 e. The highest BCUT2D eigenvalue weighted by Crippen LogP contribution is 2.47. The lowest BCUT2D eigenvalue weighted by Gasteiger charge is -2.38. The molecule has 0 spiro atoms. The molecular weight excluding hydrogens is 564 g/mol. The predicted molar refractivity (Wildman–Crippen MR) is 154 cm³/mol. The zero-order valence-corrected chi connectivity index (χ0v) is 23.4. The molecule has 13 heteroatoms. The Morgan fingerprint density at radius 3 is 2.59 bits per heavy atom. The molecule has 11 nitrogen and oxygen atoms in total. The second kappa shape index (κ2) is 11.8. The molecule has 3 aromatic rings. The fourth-order valence-electron chi connectivity index (χ4n) is 4.81. The van der Waals surface area contributed by atoms with E-state index in [9.17, 15) is 19.6 Å². The fraction of sp³-hybridized carbons (Fsp3) is 0.214. The van der Waals surface area contributed by atoms with Crippen molar-refractivity contribution >= 4 is 51.6 Å². The Bertz CT molecular complexity index is 1620. The van der Waals surface area contributed by atoms with E-state index in [-0.39, 0.29) is 34.4 Å². The van der Waals surface area contributed by atoms with Crippen LogP contribution in [-0.4, -0.2) is 45.8 Å². The summed E-state index contributed by atoms with van der Waals surface area (Å²) in [5.41, 5.74) is 9.44. The van der Waals surface area contributed by atoms with E-state index < -0.39 is 11.9 Å². The number of aromatic carboxylic acids is 1. The van der Waals surface area contributed by atoms with Gasteiger partial charge in [0, 0.05) is 23.4 Å². The molecule has 4 N–H and O–H groups in total. The molecule has 1 aliphatic heterocycles. The van der Waals surface area contributed by atoms with Crippen LogP contribution in [0.25, 0.3) is 0 Å². The van der Waals surface area contributed by atoms with Crippen molar-refractivity contribution in [2.24, 2.45) is 5.73 Å². The zero-order chi connectivity index (χ0) is 29.1. The molecule has 2 aromatic carbocycles. The van der Waals surface area contributed by atoms with E-state index in [1.54, 1.807) is 24.1 Å². The zero-order valence-electron chi connectivity index (χ0n) is 21.8. The summed E-state index contributed by atoms with van der Waals surface area (Å²) < 4.78 is 5.77. The number of allylic oxidation sites excluding steroid dienone is 3. The molecule has 0 fully saturated rings. The number of carbonyl (C=O) groups excluding carboxylic acids is 2. The fourth-order valence-corrected chi connectivity index (χ4v) is 6.49. The Kier molecular flexibility index (Phi) is 8.04. The van der Waals surface area contributed by atoms with E-state index in [0.717, 1.165) is 5.56 Å². The molecule has 2 aliphatic rings. The number of carbonyl (C=O) groups is 3. The maximum atomic E-state index is 13.3. The first-order chi connectivity index (χ1) is 19.8. The number of nitrogens with zero attached hydrogens (tertiary/aromatic N) is 4. The molecule has 0 bridgehead atoms. The van der Waals surface area contributed by atoms with Gasteiger partial charge >= 0.3 is 5.97 Å². The SMILES string of the molecule is COc1ccc(C2C(C#N)=C(N)N(c3nnc(SCC(=O)Nc4ccc(C(=O)O)cc4)s3)C3=C2C(=O)CCC3)cc1. The van der Waals surface area contributed by atoms with Crippen LogP contribution >= 0.6 is 23.1 Å². The van der Waals surface area contributed by atoms with Crippen LogP contribution in [0.4, 0.5) is 10.8 Å². The Morgan fingerprint density at radius 2 is 1.93 bits per heavy atom. The average Bonchev–Trinajstić information content (AvgIpc) is 3.44. The number of nitriles is 1. The summed E-state index contributed by atoms with van der Waals surface area (Å²) in [6.45, 7) is 0. The van der Waals surface area contributed by atoms with Crippen molar-refractivity contribution in [2.45, 2.75) is 29.5 Å². The Morgan fingerprint density at radius 1 is 1.20 bits per heavy atom. The number of rotatable bonds is 8. The summed E-state index contributed by atoms with van der Waals surface area (Å²) in [4.78, 5) is 38.4. The van der Waals surface area contributed by atoms with Crippen LogP contribution in [0, 0.1) is 11.3 Å².